The predicted molar refractivity (Wildman–Crippen MR) is 157 cm³/mol. The van der Waals surface area contributed by atoms with Crippen molar-refractivity contribution in [1.82, 2.24) is 9.80 Å². The van der Waals surface area contributed by atoms with Crippen LogP contribution in [0.2, 0.25) is 5.02 Å². The van der Waals surface area contributed by atoms with Gasteiger partial charge in [0.1, 0.15) is 5.75 Å². The molecule has 2 atom stereocenters. The molecule has 1 aliphatic heterocycles. The van der Waals surface area contributed by atoms with Gasteiger partial charge in [-0.25, -0.2) is 0 Å². The Morgan fingerprint density at radius 1 is 1.12 bits per heavy atom. The minimum absolute atomic E-state index is 0.0953. The summed E-state index contributed by atoms with van der Waals surface area (Å²) in [6.07, 6.45) is 2.72. The van der Waals surface area contributed by atoms with Crippen molar-refractivity contribution in [1.29, 1.82) is 0 Å². The summed E-state index contributed by atoms with van der Waals surface area (Å²) >= 11 is 6.39. The molecule has 42 heavy (non-hydrogen) atoms. The number of amides is 2. The summed E-state index contributed by atoms with van der Waals surface area (Å²) in [5, 5.41) is 0.459. The summed E-state index contributed by atoms with van der Waals surface area (Å²) in [6.45, 7) is 0.637. The number of halogens is 4. The Hall–Kier alpha value is -3.26. The summed E-state index contributed by atoms with van der Waals surface area (Å²) in [4.78, 5) is 28.3. The van der Waals surface area contributed by atoms with Crippen molar-refractivity contribution in [3.8, 4) is 5.75 Å². The number of methoxy groups -OCH3 is 1. The Kier molecular flexibility index (Phi) is 8.74. The first-order valence-electron chi connectivity index (χ1n) is 14.4. The SMILES string of the molecule is COc1cccc([C@@H](C(=O)N2CCC(C3=C(C4=CC4)[C@@H]3CCCc3ccc(C(=O)N(C)C)c(Cl)c3)CC2)C(F)(F)F)c1. The van der Waals surface area contributed by atoms with E-state index in [0.717, 1.165) is 31.2 Å². The van der Waals surface area contributed by atoms with E-state index in [9.17, 15) is 22.8 Å². The topological polar surface area (TPSA) is 49.9 Å². The van der Waals surface area contributed by atoms with Crippen LogP contribution in [0.5, 0.6) is 5.75 Å². The zero-order chi connectivity index (χ0) is 30.2. The van der Waals surface area contributed by atoms with Crippen LogP contribution in [-0.2, 0) is 11.2 Å². The number of nitrogens with zero attached hydrogens (tertiary/aromatic N) is 2. The van der Waals surface area contributed by atoms with Crippen molar-refractivity contribution >= 4 is 23.4 Å². The third-order valence-electron chi connectivity index (χ3n) is 8.58. The molecular weight excluding hydrogens is 565 g/mol. The van der Waals surface area contributed by atoms with Crippen LogP contribution in [0.15, 0.2) is 65.3 Å². The third kappa shape index (κ3) is 6.54. The number of alkyl halides is 3. The highest BCUT2D eigenvalue weighted by atomic mass is 35.5. The number of carbonyl (C=O) groups excluding carboxylic acids is 2. The van der Waals surface area contributed by atoms with Gasteiger partial charge >= 0.3 is 6.18 Å². The van der Waals surface area contributed by atoms with Gasteiger partial charge in [-0.15, -0.1) is 0 Å². The van der Waals surface area contributed by atoms with Gasteiger partial charge < -0.3 is 14.5 Å². The van der Waals surface area contributed by atoms with Crippen molar-refractivity contribution < 1.29 is 27.5 Å². The van der Waals surface area contributed by atoms with E-state index in [2.05, 4.69) is 6.08 Å². The molecule has 5 rings (SSSR count). The van der Waals surface area contributed by atoms with E-state index in [1.54, 1.807) is 26.2 Å². The molecule has 0 aromatic heterocycles. The van der Waals surface area contributed by atoms with Crippen molar-refractivity contribution in [3.05, 3.63) is 87.0 Å². The molecule has 0 saturated carbocycles. The van der Waals surface area contributed by atoms with Gasteiger partial charge in [0.15, 0.2) is 5.92 Å². The lowest BCUT2D eigenvalue weighted by molar-refractivity contribution is -0.172. The van der Waals surface area contributed by atoms with Gasteiger partial charge in [0.25, 0.3) is 5.91 Å². The van der Waals surface area contributed by atoms with Gasteiger partial charge in [0.05, 0.1) is 17.7 Å². The molecule has 1 heterocycles. The second kappa shape index (κ2) is 12.2. The van der Waals surface area contributed by atoms with Crippen LogP contribution in [0.25, 0.3) is 0 Å². The number of piperidine rings is 1. The van der Waals surface area contributed by atoms with Gasteiger partial charge in [-0.05, 0) is 91.0 Å². The average Bonchev–Trinajstić information content (AvgIpc) is 3.87. The van der Waals surface area contributed by atoms with E-state index in [1.165, 1.54) is 51.8 Å². The normalized spacial score (nSPS) is 19.4. The first kappa shape index (κ1) is 30.2. The summed E-state index contributed by atoms with van der Waals surface area (Å²) in [7, 11) is 4.79. The maximum absolute atomic E-state index is 14.1. The second-order valence-electron chi connectivity index (χ2n) is 11.6. The van der Waals surface area contributed by atoms with Crippen LogP contribution < -0.4 is 4.74 Å². The minimum atomic E-state index is -4.69. The molecule has 9 heteroatoms. The van der Waals surface area contributed by atoms with Crippen LogP contribution in [-0.4, -0.2) is 62.1 Å². The summed E-state index contributed by atoms with van der Waals surface area (Å²) < 4.78 is 47.3. The van der Waals surface area contributed by atoms with Crippen LogP contribution in [0, 0.1) is 11.8 Å². The average molecular weight is 601 g/mol. The van der Waals surface area contributed by atoms with Gasteiger partial charge in [0.2, 0.25) is 5.91 Å². The number of carbonyl (C=O) groups is 2. The number of hydrogen-bond acceptors (Lipinski definition) is 3. The van der Waals surface area contributed by atoms with Crippen LogP contribution in [0.1, 0.15) is 59.5 Å². The number of benzene rings is 2. The quantitative estimate of drug-likeness (QED) is 0.289. The maximum atomic E-state index is 14.1. The Balaban J connectivity index is 1.17. The molecule has 0 radical (unpaired) electrons. The number of ether oxygens (including phenoxy) is 1. The highest BCUT2D eigenvalue weighted by Gasteiger charge is 2.49. The molecule has 224 valence electrons. The summed E-state index contributed by atoms with van der Waals surface area (Å²) in [6, 6.07) is 11.3. The lowest BCUT2D eigenvalue weighted by Crippen LogP contribution is -2.44. The molecule has 2 amide bonds. The van der Waals surface area contributed by atoms with Crippen molar-refractivity contribution in [3.63, 3.8) is 0 Å². The highest BCUT2D eigenvalue weighted by Crippen LogP contribution is 2.57. The van der Waals surface area contributed by atoms with E-state index in [-0.39, 0.29) is 11.5 Å². The number of aryl methyl sites for hydroxylation is 1. The van der Waals surface area contributed by atoms with Crippen LogP contribution in [0.3, 0.4) is 0 Å². The third-order valence-corrected chi connectivity index (χ3v) is 8.89. The largest absolute Gasteiger partial charge is 0.497 e. The van der Waals surface area contributed by atoms with Crippen LogP contribution in [0.4, 0.5) is 13.2 Å². The number of allylic oxidation sites excluding steroid dienone is 4. The number of rotatable bonds is 10. The fourth-order valence-corrected chi connectivity index (χ4v) is 6.58. The molecule has 0 bridgehead atoms. The molecule has 0 unspecified atom stereocenters. The molecule has 5 nitrogen and oxygen atoms in total. The van der Waals surface area contributed by atoms with Crippen LogP contribution >= 0.6 is 11.6 Å². The van der Waals surface area contributed by atoms with E-state index in [1.807, 2.05) is 12.1 Å². The molecule has 0 N–H and O–H groups in total. The van der Waals surface area contributed by atoms with E-state index >= 15 is 0 Å². The maximum Gasteiger partial charge on any atom is 0.404 e. The highest BCUT2D eigenvalue weighted by molar-refractivity contribution is 6.33. The van der Waals surface area contributed by atoms with Crippen molar-refractivity contribution in [2.24, 2.45) is 11.8 Å². The molecule has 2 aromatic carbocycles. The van der Waals surface area contributed by atoms with E-state index in [4.69, 9.17) is 16.3 Å². The zero-order valence-electron chi connectivity index (χ0n) is 24.1. The molecule has 2 aromatic rings. The van der Waals surface area contributed by atoms with Gasteiger partial charge in [0, 0.05) is 33.1 Å². The first-order valence-corrected chi connectivity index (χ1v) is 14.8. The standard InChI is InChI=1S/C33H36ClF3N2O3/c1-38(2)31(40)25-13-10-20(18-27(25)34)6-4-9-26-28(21-11-12-21)29(26)22-14-16-39(17-15-22)32(41)30(33(35,36)37)23-7-5-8-24(19-23)42-3/h5,7-8,10-11,13,18-19,22,26,30H,4,6,9,12,14-17H2,1-3H3/t26-,30-/m0/s1. The lowest BCUT2D eigenvalue weighted by atomic mass is 9.89. The number of hydrogen-bond donors (Lipinski definition) is 0. The molecular formula is C33H36ClF3N2O3. The zero-order valence-corrected chi connectivity index (χ0v) is 24.9. The molecule has 2 aliphatic carbocycles. The molecule has 1 fully saturated rings. The predicted octanol–water partition coefficient (Wildman–Crippen LogP) is 7.21. The van der Waals surface area contributed by atoms with Crippen molar-refractivity contribution in [2.45, 2.75) is 50.6 Å². The summed E-state index contributed by atoms with van der Waals surface area (Å²) in [5.41, 5.74) is 5.77. The monoisotopic (exact) mass is 600 g/mol. The second-order valence-corrected chi connectivity index (χ2v) is 12.0. The molecule has 0 spiro atoms. The fourth-order valence-electron chi connectivity index (χ4n) is 6.30. The van der Waals surface area contributed by atoms with Gasteiger partial charge in [-0.1, -0.05) is 41.4 Å². The first-order chi connectivity index (χ1) is 20.0. The Bertz CT molecular complexity index is 1420. The minimum Gasteiger partial charge on any atom is -0.497 e. The van der Waals surface area contributed by atoms with Gasteiger partial charge in [-0.2, -0.15) is 13.2 Å². The Morgan fingerprint density at radius 2 is 1.83 bits per heavy atom. The van der Waals surface area contributed by atoms with Gasteiger partial charge in [-0.3, -0.25) is 9.59 Å². The van der Waals surface area contributed by atoms with E-state index < -0.39 is 18.0 Å². The lowest BCUT2D eigenvalue weighted by Gasteiger charge is -2.34. The molecule has 1 saturated heterocycles. The smallest absolute Gasteiger partial charge is 0.404 e. The Labute approximate surface area is 250 Å². The van der Waals surface area contributed by atoms with E-state index in [0.29, 0.717) is 54.1 Å². The Morgan fingerprint density at radius 3 is 2.43 bits per heavy atom. The molecule has 3 aliphatic rings. The summed E-state index contributed by atoms with van der Waals surface area (Å²) in [5.74, 6) is -2.22. The fraction of sp³-hybridized carbons (Fsp3) is 0.455. The van der Waals surface area contributed by atoms with Crippen molar-refractivity contribution in [2.75, 3.05) is 34.3 Å². The number of likely N-dealkylation sites (tertiary alicyclic amines) is 1.